The van der Waals surface area contributed by atoms with Crippen LogP contribution in [0.1, 0.15) is 0 Å². The van der Waals surface area contributed by atoms with Crippen molar-refractivity contribution < 1.29 is 14.3 Å². The average Bonchev–Trinajstić information content (AvgIpc) is 2.90. The fourth-order valence-corrected chi connectivity index (χ4v) is 1.86. The molecular weight excluding hydrogens is 234 g/mol. The number of nitrogens with one attached hydrogen (secondary N) is 1. The molecule has 0 saturated heterocycles. The minimum Gasteiger partial charge on any atom is -0.494 e. The molecule has 0 radical (unpaired) electrons. The fourth-order valence-electron chi connectivity index (χ4n) is 1.86. The van der Waals surface area contributed by atoms with Gasteiger partial charge < -0.3 is 19.4 Å². The van der Waals surface area contributed by atoms with Crippen LogP contribution in [0.2, 0.25) is 0 Å². The second kappa shape index (κ2) is 4.06. The lowest BCUT2D eigenvalue weighted by Crippen LogP contribution is -2.25. The van der Waals surface area contributed by atoms with Gasteiger partial charge in [0.15, 0.2) is 6.61 Å². The zero-order chi connectivity index (χ0) is 12.5. The topological polar surface area (TPSA) is 65.4 Å². The predicted octanol–water partition coefficient (Wildman–Crippen LogP) is 1.21. The highest BCUT2D eigenvalue weighted by Crippen LogP contribution is 2.36. The SMILES string of the molecule is COc1cc2c(cc1-n1ccnc1)NC(=O)CO2. The van der Waals surface area contributed by atoms with Gasteiger partial charge in [0.25, 0.3) is 5.91 Å². The highest BCUT2D eigenvalue weighted by molar-refractivity contribution is 5.96. The molecule has 1 N–H and O–H groups in total. The van der Waals surface area contributed by atoms with Crippen molar-refractivity contribution in [2.75, 3.05) is 19.0 Å². The molecule has 2 aromatic rings. The summed E-state index contributed by atoms with van der Waals surface area (Å²) in [6.07, 6.45) is 5.14. The molecule has 1 aromatic carbocycles. The maximum atomic E-state index is 11.3. The fraction of sp³-hybridized carbons (Fsp3) is 0.167. The van der Waals surface area contributed by atoms with Crippen LogP contribution >= 0.6 is 0 Å². The van der Waals surface area contributed by atoms with E-state index in [1.807, 2.05) is 0 Å². The monoisotopic (exact) mass is 245 g/mol. The first-order chi connectivity index (χ1) is 8.78. The number of hydrogen-bond donors (Lipinski definition) is 1. The molecule has 1 aliphatic heterocycles. The molecule has 0 fully saturated rings. The van der Waals surface area contributed by atoms with E-state index in [1.165, 1.54) is 0 Å². The third-order valence-electron chi connectivity index (χ3n) is 2.70. The van der Waals surface area contributed by atoms with Gasteiger partial charge in [-0.05, 0) is 6.07 Å². The smallest absolute Gasteiger partial charge is 0.262 e. The molecule has 2 heterocycles. The number of aromatic nitrogens is 2. The summed E-state index contributed by atoms with van der Waals surface area (Å²) >= 11 is 0. The van der Waals surface area contributed by atoms with Crippen molar-refractivity contribution in [3.8, 4) is 17.2 Å². The number of fused-ring (bicyclic) bond motifs is 1. The summed E-state index contributed by atoms with van der Waals surface area (Å²) in [5.41, 5.74) is 1.43. The van der Waals surface area contributed by atoms with Gasteiger partial charge in [-0.1, -0.05) is 0 Å². The highest BCUT2D eigenvalue weighted by Gasteiger charge is 2.19. The molecule has 3 rings (SSSR count). The molecule has 18 heavy (non-hydrogen) atoms. The lowest BCUT2D eigenvalue weighted by molar-refractivity contribution is -0.118. The maximum Gasteiger partial charge on any atom is 0.262 e. The van der Waals surface area contributed by atoms with E-state index in [-0.39, 0.29) is 12.5 Å². The van der Waals surface area contributed by atoms with Crippen molar-refractivity contribution in [2.45, 2.75) is 0 Å². The molecule has 92 valence electrons. The largest absolute Gasteiger partial charge is 0.494 e. The van der Waals surface area contributed by atoms with E-state index in [9.17, 15) is 4.79 Å². The Bertz CT molecular complexity index is 593. The Hall–Kier alpha value is -2.50. The molecule has 1 aromatic heterocycles. The van der Waals surface area contributed by atoms with Gasteiger partial charge in [0.2, 0.25) is 0 Å². The maximum absolute atomic E-state index is 11.3. The molecule has 0 spiro atoms. The molecule has 0 aliphatic carbocycles. The zero-order valence-electron chi connectivity index (χ0n) is 9.71. The summed E-state index contributed by atoms with van der Waals surface area (Å²) in [6, 6.07) is 3.55. The van der Waals surface area contributed by atoms with Crippen LogP contribution in [0, 0.1) is 0 Å². The Labute approximate surface area is 103 Å². The van der Waals surface area contributed by atoms with Crippen LogP contribution in [0.3, 0.4) is 0 Å². The number of nitrogens with zero attached hydrogens (tertiary/aromatic N) is 2. The summed E-state index contributed by atoms with van der Waals surface area (Å²) in [7, 11) is 1.59. The first-order valence-corrected chi connectivity index (χ1v) is 5.41. The van der Waals surface area contributed by atoms with Gasteiger partial charge in [-0.15, -0.1) is 0 Å². The number of rotatable bonds is 2. The van der Waals surface area contributed by atoms with Gasteiger partial charge >= 0.3 is 0 Å². The van der Waals surface area contributed by atoms with E-state index in [0.717, 1.165) is 5.69 Å². The highest BCUT2D eigenvalue weighted by atomic mass is 16.5. The minimum absolute atomic E-state index is 0.0283. The van der Waals surface area contributed by atoms with Crippen LogP contribution in [0.4, 0.5) is 5.69 Å². The van der Waals surface area contributed by atoms with Crippen LogP contribution < -0.4 is 14.8 Å². The van der Waals surface area contributed by atoms with Crippen molar-refractivity contribution in [2.24, 2.45) is 0 Å². The minimum atomic E-state index is -0.163. The second-order valence-corrected chi connectivity index (χ2v) is 3.83. The molecule has 0 unspecified atom stereocenters. The van der Waals surface area contributed by atoms with Crippen molar-refractivity contribution in [3.63, 3.8) is 0 Å². The first-order valence-electron chi connectivity index (χ1n) is 5.41. The number of methoxy groups -OCH3 is 1. The van der Waals surface area contributed by atoms with Gasteiger partial charge in [-0.25, -0.2) is 4.98 Å². The third kappa shape index (κ3) is 1.67. The summed E-state index contributed by atoms with van der Waals surface area (Å²) in [6.45, 7) is 0.0283. The van der Waals surface area contributed by atoms with Crippen LogP contribution in [0.15, 0.2) is 30.9 Å². The Morgan fingerprint density at radius 3 is 3.11 bits per heavy atom. The Morgan fingerprint density at radius 1 is 1.50 bits per heavy atom. The van der Waals surface area contributed by atoms with Gasteiger partial charge in [0.05, 0.1) is 24.8 Å². The van der Waals surface area contributed by atoms with Crippen LogP contribution in [-0.2, 0) is 4.79 Å². The van der Waals surface area contributed by atoms with E-state index in [0.29, 0.717) is 17.2 Å². The van der Waals surface area contributed by atoms with E-state index in [2.05, 4.69) is 10.3 Å². The molecule has 1 amide bonds. The summed E-state index contributed by atoms with van der Waals surface area (Å²) in [5, 5.41) is 2.76. The Morgan fingerprint density at radius 2 is 2.39 bits per heavy atom. The number of ether oxygens (including phenoxy) is 2. The van der Waals surface area contributed by atoms with Gasteiger partial charge in [0, 0.05) is 18.5 Å². The summed E-state index contributed by atoms with van der Waals surface area (Å²) < 4.78 is 12.5. The molecular formula is C12H11N3O3. The third-order valence-corrected chi connectivity index (χ3v) is 2.70. The van der Waals surface area contributed by atoms with Crippen LogP contribution in [-0.4, -0.2) is 29.2 Å². The van der Waals surface area contributed by atoms with Crippen LogP contribution in [0.5, 0.6) is 11.5 Å². The Balaban J connectivity index is 2.13. The quantitative estimate of drug-likeness (QED) is 0.863. The van der Waals surface area contributed by atoms with E-state index >= 15 is 0 Å². The summed E-state index contributed by atoms with van der Waals surface area (Å²) in [4.78, 5) is 15.3. The van der Waals surface area contributed by atoms with Crippen molar-refractivity contribution in [1.29, 1.82) is 0 Å². The molecule has 1 aliphatic rings. The number of carbonyl (C=O) groups is 1. The number of hydrogen-bond acceptors (Lipinski definition) is 4. The lowest BCUT2D eigenvalue weighted by Gasteiger charge is -2.20. The normalized spacial score (nSPS) is 13.5. The Kier molecular flexibility index (Phi) is 2.40. The standard InChI is InChI=1S/C12H11N3O3/c1-17-11-5-10-8(14-12(16)6-18-10)4-9(11)15-3-2-13-7-15/h2-5,7H,6H2,1H3,(H,14,16). The number of amides is 1. The first kappa shape index (κ1) is 10.6. The van der Waals surface area contributed by atoms with Crippen molar-refractivity contribution in [1.82, 2.24) is 9.55 Å². The average molecular weight is 245 g/mol. The van der Waals surface area contributed by atoms with Crippen molar-refractivity contribution >= 4 is 11.6 Å². The van der Waals surface area contributed by atoms with E-state index in [1.54, 1.807) is 42.5 Å². The summed E-state index contributed by atoms with van der Waals surface area (Å²) in [5.74, 6) is 1.10. The number of imidazole rings is 1. The van der Waals surface area contributed by atoms with Gasteiger partial charge in [-0.2, -0.15) is 0 Å². The number of benzene rings is 1. The molecule has 0 saturated carbocycles. The number of anilines is 1. The molecule has 6 heteroatoms. The second-order valence-electron chi connectivity index (χ2n) is 3.83. The van der Waals surface area contributed by atoms with E-state index < -0.39 is 0 Å². The number of carbonyl (C=O) groups excluding carboxylic acids is 1. The predicted molar refractivity (Wildman–Crippen MR) is 64.2 cm³/mol. The molecule has 0 atom stereocenters. The zero-order valence-corrected chi connectivity index (χ0v) is 9.71. The molecule has 0 bridgehead atoms. The van der Waals surface area contributed by atoms with Crippen molar-refractivity contribution in [3.05, 3.63) is 30.9 Å². The van der Waals surface area contributed by atoms with Crippen LogP contribution in [0.25, 0.3) is 5.69 Å². The van der Waals surface area contributed by atoms with Gasteiger partial charge in [-0.3, -0.25) is 4.79 Å². The van der Waals surface area contributed by atoms with Gasteiger partial charge in [0.1, 0.15) is 11.5 Å². The lowest BCUT2D eigenvalue weighted by atomic mass is 10.2. The van der Waals surface area contributed by atoms with E-state index in [4.69, 9.17) is 9.47 Å². The molecule has 6 nitrogen and oxygen atoms in total.